The monoisotopic (exact) mass is 818 g/mol. The molecule has 0 fully saturated rings. The summed E-state index contributed by atoms with van der Waals surface area (Å²) in [5.41, 5.74) is -4.81. The normalized spacial score (nSPS) is 12.3. The maximum absolute atomic E-state index is 12.9. The third-order valence-electron chi connectivity index (χ3n) is 6.81. The van der Waals surface area contributed by atoms with Gasteiger partial charge in [0.1, 0.15) is 29.1 Å². The molecule has 0 radical (unpaired) electrons. The van der Waals surface area contributed by atoms with Crippen LogP contribution in [0.15, 0.2) is 48.8 Å². The van der Waals surface area contributed by atoms with Gasteiger partial charge < -0.3 is 19.3 Å². The van der Waals surface area contributed by atoms with Crippen LogP contribution in [0.1, 0.15) is 69.2 Å². The average Bonchev–Trinajstić information content (AvgIpc) is 3.67. The summed E-state index contributed by atoms with van der Waals surface area (Å²) in [6.45, 7) is 8.14. The number of carboxylic acids is 1. The second-order valence-electron chi connectivity index (χ2n) is 13.4. The fourth-order valence-corrected chi connectivity index (χ4v) is 3.90. The predicted molar refractivity (Wildman–Crippen MR) is 183 cm³/mol. The fourth-order valence-electron chi connectivity index (χ4n) is 3.45. The molecule has 4 aromatic heterocycles. The van der Waals surface area contributed by atoms with Crippen molar-refractivity contribution in [3.05, 3.63) is 70.2 Å². The molecule has 0 saturated heterocycles. The first kappa shape index (κ1) is 44.9. The van der Waals surface area contributed by atoms with E-state index in [9.17, 15) is 35.9 Å². The van der Waals surface area contributed by atoms with Crippen LogP contribution in [0.4, 0.5) is 26.3 Å². The summed E-state index contributed by atoms with van der Waals surface area (Å²) in [7, 11) is 0. The fraction of sp³-hybridized carbons (Fsp3) is 0.438. The van der Waals surface area contributed by atoms with Gasteiger partial charge in [-0.1, -0.05) is 23.2 Å². The lowest BCUT2D eigenvalue weighted by molar-refractivity contribution is -0.220. The topological polar surface area (TPSA) is 143 Å². The van der Waals surface area contributed by atoms with E-state index < -0.39 is 53.9 Å². The summed E-state index contributed by atoms with van der Waals surface area (Å²) in [6.07, 6.45) is -5.93. The van der Waals surface area contributed by atoms with E-state index >= 15 is 0 Å². The molecule has 0 atom stereocenters. The Kier molecular flexibility index (Phi) is 14.2. The zero-order valence-electron chi connectivity index (χ0n) is 29.1. The summed E-state index contributed by atoms with van der Waals surface area (Å²) in [4.78, 5) is 30.9. The quantitative estimate of drug-likeness (QED) is 0.0937. The van der Waals surface area contributed by atoms with Gasteiger partial charge in [-0.25, -0.2) is 28.9 Å². The number of nitrogens with zero attached hydrogens (tertiary/aromatic N) is 6. The number of pyridine rings is 2. The van der Waals surface area contributed by atoms with Gasteiger partial charge in [-0.05, 0) is 72.7 Å². The lowest BCUT2D eigenvalue weighted by atomic mass is 9.94. The summed E-state index contributed by atoms with van der Waals surface area (Å²) in [5.74, 6) is -1.38. The summed E-state index contributed by atoms with van der Waals surface area (Å²) in [6, 6.07) is 8.32. The van der Waals surface area contributed by atoms with Crippen molar-refractivity contribution in [2.24, 2.45) is 10.8 Å². The SMILES string of the molecule is CC(C)(C)OC(=O)c1ccc(-n2ccc(OCC(C)(C)C(F)(F)F)n2)nc1Cl.CC(C)(COc1ccn(-c2ccc(C(=O)O)c(Cl)n2)n1)C(F)(F)F.Cl. The minimum absolute atomic E-state index is 0. The van der Waals surface area contributed by atoms with Gasteiger partial charge in [-0.15, -0.1) is 22.6 Å². The number of hydrogen-bond donors (Lipinski definition) is 1. The van der Waals surface area contributed by atoms with Crippen LogP contribution >= 0.6 is 35.6 Å². The maximum Gasteiger partial charge on any atom is 0.397 e. The van der Waals surface area contributed by atoms with Gasteiger partial charge >= 0.3 is 24.3 Å². The van der Waals surface area contributed by atoms with E-state index in [4.69, 9.17) is 42.5 Å². The summed E-state index contributed by atoms with van der Waals surface area (Å²) >= 11 is 11.8. The highest BCUT2D eigenvalue weighted by Gasteiger charge is 2.49. The van der Waals surface area contributed by atoms with E-state index in [1.165, 1.54) is 58.2 Å². The molecule has 0 aromatic carbocycles. The number of alkyl halides is 6. The Hall–Kier alpha value is -4.29. The first-order chi connectivity index (χ1) is 23.7. The molecule has 0 aliphatic rings. The standard InChI is InChI=1S/C18H21ClF3N3O3.C14H13ClF3N3O3.ClH/c1-16(2,3)28-15(26)11-6-7-12(23-14(11)19)25-9-8-13(24-25)27-10-17(4,5)18(20,21)22;1-13(2,14(16,17)18)7-24-10-5-6-21(20-10)9-4-3-8(12(22)23)11(15)19-9;/h6-9H,10H2,1-5H3;3-6H,7H2,1-2H3,(H,22,23);1H. The number of hydrogen-bond acceptors (Lipinski definition) is 9. The van der Waals surface area contributed by atoms with Crippen LogP contribution in [0, 0.1) is 10.8 Å². The van der Waals surface area contributed by atoms with E-state index in [1.807, 2.05) is 0 Å². The number of carbonyl (C=O) groups is 2. The molecule has 1 N–H and O–H groups in total. The van der Waals surface area contributed by atoms with E-state index in [0.29, 0.717) is 0 Å². The first-order valence-electron chi connectivity index (χ1n) is 15.0. The van der Waals surface area contributed by atoms with Crippen LogP contribution in [-0.4, -0.2) is 77.7 Å². The highest BCUT2D eigenvalue weighted by molar-refractivity contribution is 6.32. The third kappa shape index (κ3) is 12.1. The van der Waals surface area contributed by atoms with Crippen molar-refractivity contribution >= 4 is 47.5 Å². The molecule has 0 aliphatic carbocycles. The molecule has 53 heavy (non-hydrogen) atoms. The Morgan fingerprint density at radius 1 is 0.679 bits per heavy atom. The van der Waals surface area contributed by atoms with Gasteiger partial charge in [0, 0.05) is 24.5 Å². The number of ether oxygens (including phenoxy) is 3. The average molecular weight is 820 g/mol. The van der Waals surface area contributed by atoms with Gasteiger partial charge in [-0.2, -0.15) is 26.3 Å². The van der Waals surface area contributed by atoms with Crippen molar-refractivity contribution in [2.45, 2.75) is 66.4 Å². The van der Waals surface area contributed by atoms with Gasteiger partial charge in [0.05, 0.1) is 22.0 Å². The number of aromatic nitrogens is 6. The Bertz CT molecular complexity index is 1890. The number of carboxylic acid groups (broad SMARTS) is 1. The summed E-state index contributed by atoms with van der Waals surface area (Å²) in [5, 5.41) is 16.5. The lowest BCUT2D eigenvalue weighted by Crippen LogP contribution is -2.37. The van der Waals surface area contributed by atoms with Gasteiger partial charge in [0.25, 0.3) is 0 Å². The highest BCUT2D eigenvalue weighted by Crippen LogP contribution is 2.38. The molecule has 0 bridgehead atoms. The molecular formula is C32H35Cl3F6N6O6. The van der Waals surface area contributed by atoms with Crippen molar-refractivity contribution in [1.82, 2.24) is 29.5 Å². The van der Waals surface area contributed by atoms with Gasteiger partial charge in [-0.3, -0.25) is 0 Å². The van der Waals surface area contributed by atoms with Gasteiger partial charge in [0.2, 0.25) is 11.8 Å². The first-order valence-corrected chi connectivity index (χ1v) is 15.8. The smallest absolute Gasteiger partial charge is 0.397 e. The second-order valence-corrected chi connectivity index (χ2v) is 14.1. The van der Waals surface area contributed by atoms with Crippen LogP contribution in [0.2, 0.25) is 10.3 Å². The zero-order chi connectivity index (χ0) is 39.4. The molecule has 12 nitrogen and oxygen atoms in total. The van der Waals surface area contributed by atoms with Crippen molar-refractivity contribution in [3.63, 3.8) is 0 Å². The molecule has 21 heteroatoms. The van der Waals surface area contributed by atoms with Crippen LogP contribution < -0.4 is 9.47 Å². The van der Waals surface area contributed by atoms with Crippen molar-refractivity contribution < 1.29 is 55.2 Å². The van der Waals surface area contributed by atoms with Crippen molar-refractivity contribution in [2.75, 3.05) is 13.2 Å². The lowest BCUT2D eigenvalue weighted by Gasteiger charge is -2.26. The van der Waals surface area contributed by atoms with E-state index in [-0.39, 0.29) is 57.2 Å². The molecular weight excluding hydrogens is 785 g/mol. The van der Waals surface area contributed by atoms with E-state index in [1.54, 1.807) is 20.8 Å². The molecule has 4 rings (SSSR count). The largest absolute Gasteiger partial charge is 0.478 e. The number of carbonyl (C=O) groups excluding carboxylic acids is 1. The zero-order valence-corrected chi connectivity index (χ0v) is 31.5. The Morgan fingerprint density at radius 2 is 1.06 bits per heavy atom. The third-order valence-corrected chi connectivity index (χ3v) is 7.39. The highest BCUT2D eigenvalue weighted by atomic mass is 35.5. The Balaban J connectivity index is 0.000000364. The predicted octanol–water partition coefficient (Wildman–Crippen LogP) is 8.85. The number of aromatic carboxylic acids is 1. The van der Waals surface area contributed by atoms with Gasteiger partial charge in [0.15, 0.2) is 11.6 Å². The minimum atomic E-state index is -4.41. The second kappa shape index (κ2) is 16.8. The molecule has 0 saturated carbocycles. The molecule has 0 spiro atoms. The molecule has 4 aromatic rings. The van der Waals surface area contributed by atoms with Crippen molar-refractivity contribution in [3.8, 4) is 23.4 Å². The van der Waals surface area contributed by atoms with Crippen LogP contribution in [0.25, 0.3) is 11.6 Å². The molecule has 292 valence electrons. The molecule has 4 heterocycles. The molecule has 0 aliphatic heterocycles. The molecule has 0 unspecified atom stereocenters. The van der Waals surface area contributed by atoms with E-state index in [2.05, 4.69) is 20.2 Å². The van der Waals surface area contributed by atoms with Crippen LogP contribution in [0.3, 0.4) is 0 Å². The summed E-state index contributed by atoms with van der Waals surface area (Å²) < 4.78 is 95.0. The maximum atomic E-state index is 12.9. The van der Waals surface area contributed by atoms with E-state index in [0.717, 1.165) is 27.7 Å². The number of rotatable bonds is 10. The van der Waals surface area contributed by atoms with Crippen LogP contribution in [0.5, 0.6) is 11.8 Å². The van der Waals surface area contributed by atoms with Crippen molar-refractivity contribution in [1.29, 1.82) is 0 Å². The van der Waals surface area contributed by atoms with Crippen LogP contribution in [-0.2, 0) is 4.74 Å². The Morgan fingerprint density at radius 3 is 1.38 bits per heavy atom. The minimum Gasteiger partial charge on any atom is -0.478 e. The number of halogens is 9. The number of esters is 1. The molecule has 0 amide bonds. The Labute approximate surface area is 315 Å².